The largest absolute Gasteiger partial charge is 0.367 e. The SMILES string of the molecule is N#Cc1c(F)c2cnc(N)nn2c1CC1CCC1(F)F. The van der Waals surface area contributed by atoms with Gasteiger partial charge in [-0.25, -0.2) is 22.7 Å². The smallest absolute Gasteiger partial charge is 0.251 e. The summed E-state index contributed by atoms with van der Waals surface area (Å²) in [4.78, 5) is 3.65. The van der Waals surface area contributed by atoms with Gasteiger partial charge in [-0.05, 0) is 12.8 Å². The predicted octanol–water partition coefficient (Wildman–Crippen LogP) is 1.91. The molecule has 0 radical (unpaired) electrons. The lowest BCUT2D eigenvalue weighted by molar-refractivity contribution is -0.131. The number of rotatable bonds is 2. The number of nitrogens with zero attached hydrogens (tertiary/aromatic N) is 4. The lowest BCUT2D eigenvalue weighted by Crippen LogP contribution is -2.40. The van der Waals surface area contributed by atoms with Crippen molar-refractivity contribution < 1.29 is 13.2 Å². The predicted molar refractivity (Wildman–Crippen MR) is 63.4 cm³/mol. The molecule has 2 aromatic heterocycles. The molecule has 2 heterocycles. The minimum absolute atomic E-state index is 0.0339. The minimum Gasteiger partial charge on any atom is -0.367 e. The van der Waals surface area contributed by atoms with E-state index >= 15 is 0 Å². The molecule has 0 spiro atoms. The fourth-order valence-electron chi connectivity index (χ4n) is 2.43. The van der Waals surface area contributed by atoms with E-state index in [1.54, 1.807) is 6.07 Å². The monoisotopic (exact) mass is 281 g/mol. The van der Waals surface area contributed by atoms with Crippen LogP contribution in [0.5, 0.6) is 0 Å². The summed E-state index contributed by atoms with van der Waals surface area (Å²) in [6.07, 6.45) is 1.19. The fourth-order valence-corrected chi connectivity index (χ4v) is 2.43. The van der Waals surface area contributed by atoms with Crippen LogP contribution in [0.4, 0.5) is 19.1 Å². The first-order valence-electron chi connectivity index (χ1n) is 6.03. The van der Waals surface area contributed by atoms with Crippen molar-refractivity contribution in [1.29, 1.82) is 5.26 Å². The van der Waals surface area contributed by atoms with Gasteiger partial charge in [-0.1, -0.05) is 0 Å². The van der Waals surface area contributed by atoms with Gasteiger partial charge in [-0.2, -0.15) is 5.26 Å². The van der Waals surface area contributed by atoms with Gasteiger partial charge in [0.2, 0.25) is 5.95 Å². The van der Waals surface area contributed by atoms with Gasteiger partial charge in [-0.15, -0.1) is 5.10 Å². The van der Waals surface area contributed by atoms with Crippen LogP contribution in [-0.2, 0) is 6.42 Å². The van der Waals surface area contributed by atoms with E-state index in [1.165, 1.54) is 0 Å². The zero-order valence-electron chi connectivity index (χ0n) is 10.3. The highest BCUT2D eigenvalue weighted by Crippen LogP contribution is 2.45. The van der Waals surface area contributed by atoms with Crippen LogP contribution >= 0.6 is 0 Å². The number of nitrogens with two attached hydrogens (primary N) is 1. The van der Waals surface area contributed by atoms with Crippen molar-refractivity contribution in [3.8, 4) is 6.07 Å². The van der Waals surface area contributed by atoms with Crippen molar-refractivity contribution in [2.75, 3.05) is 5.73 Å². The lowest BCUT2D eigenvalue weighted by Gasteiger charge is -2.36. The maximum atomic E-state index is 14.0. The van der Waals surface area contributed by atoms with Crippen LogP contribution in [-0.4, -0.2) is 20.5 Å². The van der Waals surface area contributed by atoms with Crippen molar-refractivity contribution in [3.05, 3.63) is 23.3 Å². The molecule has 2 N–H and O–H groups in total. The number of halogens is 3. The standard InChI is InChI=1S/C12H10F3N5/c13-10-7(4-16)8(3-6-1-2-12(6,14)15)20-9(10)5-18-11(17)19-20/h5-6H,1-3H2,(H2,17,19). The average molecular weight is 281 g/mol. The topological polar surface area (TPSA) is 80.0 Å². The fraction of sp³-hybridized carbons (Fsp3) is 0.417. The first-order chi connectivity index (χ1) is 9.44. The summed E-state index contributed by atoms with van der Waals surface area (Å²) in [5.74, 6) is -4.58. The summed E-state index contributed by atoms with van der Waals surface area (Å²) in [6, 6.07) is 1.70. The Morgan fingerprint density at radius 2 is 2.30 bits per heavy atom. The molecule has 1 atom stereocenters. The Kier molecular flexibility index (Phi) is 2.61. The first-order valence-corrected chi connectivity index (χ1v) is 6.03. The lowest BCUT2D eigenvalue weighted by atomic mass is 9.77. The summed E-state index contributed by atoms with van der Waals surface area (Å²) >= 11 is 0. The van der Waals surface area contributed by atoms with Gasteiger partial charge in [0.05, 0.1) is 11.9 Å². The molecule has 0 bridgehead atoms. The van der Waals surface area contributed by atoms with Crippen molar-refractivity contribution in [2.45, 2.75) is 25.2 Å². The van der Waals surface area contributed by atoms with Crippen molar-refractivity contribution in [2.24, 2.45) is 5.92 Å². The maximum Gasteiger partial charge on any atom is 0.251 e. The Morgan fingerprint density at radius 3 is 2.85 bits per heavy atom. The van der Waals surface area contributed by atoms with Gasteiger partial charge in [0.25, 0.3) is 5.92 Å². The summed E-state index contributed by atoms with van der Waals surface area (Å²) in [5, 5.41) is 12.8. The van der Waals surface area contributed by atoms with Crippen molar-refractivity contribution in [1.82, 2.24) is 14.6 Å². The minimum atomic E-state index is -2.77. The number of aromatic nitrogens is 3. The summed E-state index contributed by atoms with van der Waals surface area (Å²) in [7, 11) is 0. The molecule has 0 aromatic carbocycles. The number of alkyl halides is 2. The average Bonchev–Trinajstić information content (AvgIpc) is 2.66. The van der Waals surface area contributed by atoms with E-state index in [1.807, 2.05) is 0 Å². The number of fused-ring (bicyclic) bond motifs is 1. The number of nitrogen functional groups attached to an aromatic ring is 1. The van der Waals surface area contributed by atoms with Crippen LogP contribution in [0.25, 0.3) is 5.52 Å². The number of anilines is 1. The first kappa shape index (κ1) is 12.7. The molecule has 1 unspecified atom stereocenters. The Bertz CT molecular complexity index is 731. The molecule has 0 saturated heterocycles. The molecule has 8 heteroatoms. The van der Waals surface area contributed by atoms with E-state index in [-0.39, 0.29) is 35.6 Å². The second-order valence-electron chi connectivity index (χ2n) is 4.86. The molecule has 104 valence electrons. The third-order valence-corrected chi connectivity index (χ3v) is 3.71. The molecule has 1 aliphatic carbocycles. The molecule has 1 saturated carbocycles. The van der Waals surface area contributed by atoms with Gasteiger partial charge in [-0.3, -0.25) is 0 Å². The highest BCUT2D eigenvalue weighted by molar-refractivity contribution is 5.57. The van der Waals surface area contributed by atoms with Gasteiger partial charge in [0.1, 0.15) is 17.1 Å². The summed E-state index contributed by atoms with van der Waals surface area (Å²) in [6.45, 7) is 0. The molecule has 2 aromatic rings. The molecule has 1 aliphatic rings. The molecule has 20 heavy (non-hydrogen) atoms. The van der Waals surface area contributed by atoms with Crippen LogP contribution in [0.3, 0.4) is 0 Å². The molecule has 1 fully saturated rings. The van der Waals surface area contributed by atoms with E-state index in [4.69, 9.17) is 11.0 Å². The van der Waals surface area contributed by atoms with Crippen LogP contribution in [0.2, 0.25) is 0 Å². The summed E-state index contributed by atoms with van der Waals surface area (Å²) < 4.78 is 41.9. The highest BCUT2D eigenvalue weighted by Gasteiger charge is 2.48. The Labute approximate surface area is 111 Å². The van der Waals surface area contributed by atoms with Crippen molar-refractivity contribution >= 4 is 11.5 Å². The van der Waals surface area contributed by atoms with E-state index in [0.29, 0.717) is 6.42 Å². The van der Waals surface area contributed by atoms with Crippen LogP contribution in [0.1, 0.15) is 24.1 Å². The van der Waals surface area contributed by atoms with Crippen LogP contribution in [0.15, 0.2) is 6.20 Å². The molecular formula is C12H10F3N5. The van der Waals surface area contributed by atoms with Gasteiger partial charge in [0, 0.05) is 12.3 Å². The quantitative estimate of drug-likeness (QED) is 0.911. The van der Waals surface area contributed by atoms with E-state index in [2.05, 4.69) is 10.1 Å². The zero-order chi connectivity index (χ0) is 14.5. The molecule has 3 rings (SSSR count). The van der Waals surface area contributed by atoms with E-state index < -0.39 is 17.7 Å². The van der Waals surface area contributed by atoms with Crippen molar-refractivity contribution in [3.63, 3.8) is 0 Å². The Morgan fingerprint density at radius 1 is 1.55 bits per heavy atom. The normalized spacial score (nSPS) is 20.6. The third-order valence-electron chi connectivity index (χ3n) is 3.71. The summed E-state index contributed by atoms with van der Waals surface area (Å²) in [5.41, 5.74) is 5.25. The number of nitriles is 1. The van der Waals surface area contributed by atoms with Crippen LogP contribution < -0.4 is 5.73 Å². The van der Waals surface area contributed by atoms with Gasteiger partial charge in [0.15, 0.2) is 5.82 Å². The number of hydrogen-bond acceptors (Lipinski definition) is 4. The second kappa shape index (κ2) is 4.10. The Hall–Kier alpha value is -2.30. The van der Waals surface area contributed by atoms with E-state index in [0.717, 1.165) is 10.7 Å². The second-order valence-corrected chi connectivity index (χ2v) is 4.86. The zero-order valence-corrected chi connectivity index (χ0v) is 10.3. The number of hydrogen-bond donors (Lipinski definition) is 1. The van der Waals surface area contributed by atoms with Gasteiger partial charge < -0.3 is 5.73 Å². The molecular weight excluding hydrogens is 271 g/mol. The molecule has 0 amide bonds. The molecule has 0 aliphatic heterocycles. The molecule has 5 nitrogen and oxygen atoms in total. The highest BCUT2D eigenvalue weighted by atomic mass is 19.3. The van der Waals surface area contributed by atoms with Gasteiger partial charge >= 0.3 is 0 Å². The third kappa shape index (κ3) is 1.70. The van der Waals surface area contributed by atoms with E-state index in [9.17, 15) is 13.2 Å². The van der Waals surface area contributed by atoms with Crippen LogP contribution in [0, 0.1) is 23.1 Å². The Balaban J connectivity index is 2.13. The maximum absolute atomic E-state index is 14.0.